The predicted molar refractivity (Wildman–Crippen MR) is 83.0 cm³/mol. The molecule has 0 aliphatic heterocycles. The number of aromatic amines is 1. The monoisotopic (exact) mass is 296 g/mol. The molecular weight excluding hydrogens is 284 g/mol. The average Bonchev–Trinajstić information content (AvgIpc) is 2.90. The number of hydrogen-bond acceptors (Lipinski definition) is 3. The SMILES string of the molecule is O=C(Nn1c(-c2ccccc2)n[nH]c1=S)c1ccccc1. The Morgan fingerprint density at radius 2 is 1.67 bits per heavy atom. The summed E-state index contributed by atoms with van der Waals surface area (Å²) in [7, 11) is 0. The van der Waals surface area contributed by atoms with E-state index < -0.39 is 0 Å². The van der Waals surface area contributed by atoms with Crippen molar-refractivity contribution in [2.45, 2.75) is 0 Å². The highest BCUT2D eigenvalue weighted by Crippen LogP contribution is 2.15. The van der Waals surface area contributed by atoms with Crippen molar-refractivity contribution in [1.29, 1.82) is 0 Å². The fourth-order valence-electron chi connectivity index (χ4n) is 1.94. The van der Waals surface area contributed by atoms with Crippen LogP contribution in [0, 0.1) is 4.77 Å². The van der Waals surface area contributed by atoms with Crippen molar-refractivity contribution in [3.8, 4) is 11.4 Å². The minimum atomic E-state index is -0.245. The van der Waals surface area contributed by atoms with E-state index in [-0.39, 0.29) is 5.91 Å². The number of carbonyl (C=O) groups is 1. The van der Waals surface area contributed by atoms with Crippen LogP contribution in [0.3, 0.4) is 0 Å². The number of aromatic nitrogens is 3. The molecule has 2 aromatic carbocycles. The van der Waals surface area contributed by atoms with Crippen molar-refractivity contribution in [2.75, 3.05) is 5.43 Å². The van der Waals surface area contributed by atoms with Crippen LogP contribution in [0.15, 0.2) is 60.7 Å². The Kier molecular flexibility index (Phi) is 3.61. The fraction of sp³-hybridized carbons (Fsp3) is 0. The lowest BCUT2D eigenvalue weighted by Crippen LogP contribution is -2.23. The summed E-state index contributed by atoms with van der Waals surface area (Å²) in [5.41, 5.74) is 4.17. The number of nitrogens with one attached hydrogen (secondary N) is 2. The second kappa shape index (κ2) is 5.72. The Balaban J connectivity index is 1.95. The Morgan fingerprint density at radius 1 is 1.05 bits per heavy atom. The van der Waals surface area contributed by atoms with Gasteiger partial charge in [0.1, 0.15) is 0 Å². The van der Waals surface area contributed by atoms with Gasteiger partial charge in [-0.25, -0.2) is 9.77 Å². The highest BCUT2D eigenvalue weighted by atomic mass is 32.1. The van der Waals surface area contributed by atoms with Gasteiger partial charge in [-0.2, -0.15) is 5.10 Å². The third kappa shape index (κ3) is 2.75. The van der Waals surface area contributed by atoms with Crippen molar-refractivity contribution in [3.05, 3.63) is 71.0 Å². The fourth-order valence-corrected chi connectivity index (χ4v) is 2.11. The third-order valence-corrected chi connectivity index (χ3v) is 3.23. The predicted octanol–water partition coefficient (Wildman–Crippen LogP) is 2.99. The molecule has 0 radical (unpaired) electrons. The lowest BCUT2D eigenvalue weighted by molar-refractivity contribution is 0.101. The van der Waals surface area contributed by atoms with Gasteiger partial charge in [0, 0.05) is 11.1 Å². The number of nitrogens with zero attached hydrogens (tertiary/aromatic N) is 2. The topological polar surface area (TPSA) is 62.7 Å². The number of rotatable bonds is 3. The van der Waals surface area contributed by atoms with E-state index in [0.717, 1.165) is 5.56 Å². The molecule has 0 atom stereocenters. The molecule has 1 heterocycles. The molecule has 0 saturated carbocycles. The lowest BCUT2D eigenvalue weighted by atomic mass is 10.2. The zero-order valence-electron chi connectivity index (χ0n) is 11.0. The van der Waals surface area contributed by atoms with Gasteiger partial charge in [-0.1, -0.05) is 48.5 Å². The maximum Gasteiger partial charge on any atom is 0.270 e. The van der Waals surface area contributed by atoms with Gasteiger partial charge in [0.25, 0.3) is 5.91 Å². The highest BCUT2D eigenvalue weighted by molar-refractivity contribution is 7.71. The van der Waals surface area contributed by atoms with Gasteiger partial charge in [-0.3, -0.25) is 10.2 Å². The summed E-state index contributed by atoms with van der Waals surface area (Å²) in [6.45, 7) is 0. The Hall–Kier alpha value is -2.73. The van der Waals surface area contributed by atoms with Crippen molar-refractivity contribution in [1.82, 2.24) is 14.9 Å². The second-order valence-corrected chi connectivity index (χ2v) is 4.75. The zero-order valence-corrected chi connectivity index (χ0v) is 11.8. The molecule has 0 aliphatic rings. The molecule has 2 N–H and O–H groups in total. The van der Waals surface area contributed by atoms with Crippen LogP contribution in [0.4, 0.5) is 0 Å². The van der Waals surface area contributed by atoms with Crippen LogP contribution in [0.2, 0.25) is 0 Å². The first-order valence-electron chi connectivity index (χ1n) is 6.35. The molecule has 0 unspecified atom stereocenters. The van der Waals surface area contributed by atoms with Gasteiger partial charge < -0.3 is 0 Å². The maximum absolute atomic E-state index is 12.2. The summed E-state index contributed by atoms with van der Waals surface area (Å²) in [6.07, 6.45) is 0. The lowest BCUT2D eigenvalue weighted by Gasteiger charge is -2.08. The molecule has 1 aromatic heterocycles. The Labute approximate surface area is 126 Å². The molecule has 0 saturated heterocycles. The molecule has 0 aliphatic carbocycles. The average molecular weight is 296 g/mol. The van der Waals surface area contributed by atoms with Gasteiger partial charge in [0.05, 0.1) is 0 Å². The molecule has 1 amide bonds. The normalized spacial score (nSPS) is 10.3. The van der Waals surface area contributed by atoms with E-state index in [1.165, 1.54) is 4.68 Å². The number of benzene rings is 2. The maximum atomic E-state index is 12.2. The van der Waals surface area contributed by atoms with Crippen LogP contribution < -0.4 is 5.43 Å². The summed E-state index contributed by atoms with van der Waals surface area (Å²) >= 11 is 5.17. The van der Waals surface area contributed by atoms with E-state index in [1.807, 2.05) is 48.5 Å². The summed E-state index contributed by atoms with van der Waals surface area (Å²) < 4.78 is 1.80. The summed E-state index contributed by atoms with van der Waals surface area (Å²) in [4.78, 5) is 12.2. The van der Waals surface area contributed by atoms with E-state index in [1.54, 1.807) is 12.1 Å². The second-order valence-electron chi connectivity index (χ2n) is 4.36. The summed E-state index contributed by atoms with van der Waals surface area (Å²) in [6, 6.07) is 18.5. The molecule has 0 bridgehead atoms. The molecule has 0 spiro atoms. The third-order valence-electron chi connectivity index (χ3n) is 2.95. The Morgan fingerprint density at radius 3 is 2.33 bits per heavy atom. The first-order chi connectivity index (χ1) is 10.3. The number of H-pyrrole nitrogens is 1. The van der Waals surface area contributed by atoms with Crippen molar-refractivity contribution >= 4 is 18.1 Å². The van der Waals surface area contributed by atoms with Crippen LogP contribution in [0.25, 0.3) is 11.4 Å². The van der Waals surface area contributed by atoms with E-state index >= 15 is 0 Å². The van der Waals surface area contributed by atoms with E-state index in [2.05, 4.69) is 15.6 Å². The molecule has 104 valence electrons. The molecule has 6 heteroatoms. The van der Waals surface area contributed by atoms with Crippen molar-refractivity contribution in [2.24, 2.45) is 0 Å². The van der Waals surface area contributed by atoms with Crippen LogP contribution >= 0.6 is 12.2 Å². The molecule has 3 rings (SSSR count). The molecule has 3 aromatic rings. The zero-order chi connectivity index (χ0) is 14.7. The summed E-state index contributed by atoms with van der Waals surface area (Å²) in [5.74, 6) is 0.315. The van der Waals surface area contributed by atoms with Crippen LogP contribution in [0.1, 0.15) is 10.4 Å². The van der Waals surface area contributed by atoms with E-state index in [0.29, 0.717) is 16.2 Å². The van der Waals surface area contributed by atoms with Crippen LogP contribution in [-0.4, -0.2) is 20.8 Å². The number of hydrogen-bond donors (Lipinski definition) is 2. The highest BCUT2D eigenvalue weighted by Gasteiger charge is 2.12. The van der Waals surface area contributed by atoms with E-state index in [9.17, 15) is 4.79 Å². The quantitative estimate of drug-likeness (QED) is 0.730. The first kappa shape index (κ1) is 13.3. The van der Waals surface area contributed by atoms with Gasteiger partial charge in [0.2, 0.25) is 4.77 Å². The summed E-state index contributed by atoms with van der Waals surface area (Å²) in [5, 5.41) is 6.86. The largest absolute Gasteiger partial charge is 0.270 e. The molecule has 0 fully saturated rings. The van der Waals surface area contributed by atoms with Crippen molar-refractivity contribution in [3.63, 3.8) is 0 Å². The Bertz CT molecular complexity index is 808. The minimum Gasteiger partial charge on any atom is -0.267 e. The van der Waals surface area contributed by atoms with Crippen molar-refractivity contribution < 1.29 is 4.79 Å². The minimum absolute atomic E-state index is 0.245. The molecule has 5 nitrogen and oxygen atoms in total. The number of carbonyl (C=O) groups excluding carboxylic acids is 1. The van der Waals surface area contributed by atoms with Gasteiger partial charge in [0.15, 0.2) is 5.82 Å². The first-order valence-corrected chi connectivity index (χ1v) is 6.76. The van der Waals surface area contributed by atoms with Crippen LogP contribution in [0.5, 0.6) is 0 Å². The van der Waals surface area contributed by atoms with Crippen LogP contribution in [-0.2, 0) is 0 Å². The smallest absolute Gasteiger partial charge is 0.267 e. The van der Waals surface area contributed by atoms with Gasteiger partial charge in [-0.15, -0.1) is 0 Å². The van der Waals surface area contributed by atoms with E-state index in [4.69, 9.17) is 12.2 Å². The molecule has 21 heavy (non-hydrogen) atoms. The number of amides is 1. The molecular formula is C15H12N4OS. The van der Waals surface area contributed by atoms with Gasteiger partial charge in [-0.05, 0) is 24.4 Å². The van der Waals surface area contributed by atoms with Gasteiger partial charge >= 0.3 is 0 Å². The standard InChI is InChI=1S/C15H12N4OS/c20-14(12-9-5-2-6-10-12)18-19-13(16-17-15(19)21)11-7-3-1-4-8-11/h1-10H,(H,17,21)(H,18,20).